The number of rotatable bonds is 1. The molecule has 1 heterocycles. The van der Waals surface area contributed by atoms with Crippen LogP contribution in [0.2, 0.25) is 0 Å². The van der Waals surface area contributed by atoms with Crippen LogP contribution in [0.1, 0.15) is 13.3 Å². The molecule has 1 rings (SSSR count). The van der Waals surface area contributed by atoms with Crippen molar-refractivity contribution in [3.8, 4) is 0 Å². The lowest BCUT2D eigenvalue weighted by Crippen LogP contribution is -2.52. The molecule has 2 unspecified atom stereocenters. The number of nitrogens with one attached hydrogen (secondary N) is 2. The molecule has 1 aliphatic heterocycles. The molecule has 0 bridgehead atoms. The Hall–Kier alpha value is -0.410. The molecule has 0 radical (unpaired) electrons. The van der Waals surface area contributed by atoms with Crippen molar-refractivity contribution in [3.63, 3.8) is 0 Å². The average molecular weight is 142 g/mol. The Bertz CT molecular complexity index is 138. The standard InChI is InChI=1S/C7H14N2O/c1-6-2-3-9-5-7(6,10)4-8/h4,6,8-10H,2-3,5H2,1H3. The van der Waals surface area contributed by atoms with Crippen molar-refractivity contribution in [2.45, 2.75) is 18.9 Å². The Morgan fingerprint density at radius 1 is 1.80 bits per heavy atom. The van der Waals surface area contributed by atoms with Gasteiger partial charge in [0.2, 0.25) is 0 Å². The number of β-amino-alcohol motifs (C(OH)–C–C–N with tert-alkyl or cyclic N) is 1. The van der Waals surface area contributed by atoms with E-state index in [9.17, 15) is 5.11 Å². The van der Waals surface area contributed by atoms with Crippen LogP contribution in [-0.2, 0) is 0 Å². The van der Waals surface area contributed by atoms with Crippen LogP contribution in [0, 0.1) is 11.3 Å². The van der Waals surface area contributed by atoms with Gasteiger partial charge in [-0.2, -0.15) is 0 Å². The topological polar surface area (TPSA) is 56.1 Å². The van der Waals surface area contributed by atoms with E-state index in [-0.39, 0.29) is 5.92 Å². The molecule has 2 atom stereocenters. The van der Waals surface area contributed by atoms with Gasteiger partial charge >= 0.3 is 0 Å². The van der Waals surface area contributed by atoms with Crippen molar-refractivity contribution < 1.29 is 5.11 Å². The van der Waals surface area contributed by atoms with Gasteiger partial charge in [0.15, 0.2) is 0 Å². The van der Waals surface area contributed by atoms with Gasteiger partial charge in [-0.15, -0.1) is 0 Å². The van der Waals surface area contributed by atoms with Gasteiger partial charge < -0.3 is 15.8 Å². The zero-order valence-electron chi connectivity index (χ0n) is 6.22. The summed E-state index contributed by atoms with van der Waals surface area (Å²) >= 11 is 0. The molecular formula is C7H14N2O. The zero-order chi connectivity index (χ0) is 7.61. The maximum Gasteiger partial charge on any atom is 0.114 e. The Labute approximate surface area is 61.0 Å². The highest BCUT2D eigenvalue weighted by Crippen LogP contribution is 2.20. The van der Waals surface area contributed by atoms with Gasteiger partial charge in [0, 0.05) is 12.8 Å². The lowest BCUT2D eigenvalue weighted by atomic mass is 9.84. The van der Waals surface area contributed by atoms with E-state index < -0.39 is 5.60 Å². The molecule has 3 nitrogen and oxygen atoms in total. The molecule has 0 amide bonds. The molecule has 3 N–H and O–H groups in total. The van der Waals surface area contributed by atoms with E-state index >= 15 is 0 Å². The third-order valence-electron chi connectivity index (χ3n) is 2.27. The summed E-state index contributed by atoms with van der Waals surface area (Å²) < 4.78 is 0. The second-order valence-electron chi connectivity index (χ2n) is 3.00. The Balaban J connectivity index is 2.62. The molecule has 3 heteroatoms. The van der Waals surface area contributed by atoms with Crippen LogP contribution in [0.3, 0.4) is 0 Å². The smallest absolute Gasteiger partial charge is 0.114 e. The second kappa shape index (κ2) is 2.68. The molecule has 0 aromatic heterocycles. The minimum Gasteiger partial charge on any atom is -0.383 e. The number of piperidine rings is 1. The predicted molar refractivity (Wildman–Crippen MR) is 40.4 cm³/mol. The lowest BCUT2D eigenvalue weighted by molar-refractivity contribution is 0.0386. The predicted octanol–water partition coefficient (Wildman–Crippen LogP) is -0.00353. The maximum atomic E-state index is 9.64. The molecule has 1 fully saturated rings. The quantitative estimate of drug-likeness (QED) is 0.451. The largest absolute Gasteiger partial charge is 0.383 e. The lowest BCUT2D eigenvalue weighted by Gasteiger charge is -2.34. The molecule has 0 aromatic carbocycles. The van der Waals surface area contributed by atoms with E-state index in [0.29, 0.717) is 6.54 Å². The highest BCUT2D eigenvalue weighted by molar-refractivity contribution is 5.66. The molecule has 1 aliphatic rings. The monoisotopic (exact) mass is 142 g/mol. The van der Waals surface area contributed by atoms with E-state index in [1.165, 1.54) is 0 Å². The normalized spacial score (nSPS) is 41.2. The first-order chi connectivity index (χ1) is 4.69. The summed E-state index contributed by atoms with van der Waals surface area (Å²) in [5.74, 6) is 0.214. The van der Waals surface area contributed by atoms with Crippen molar-refractivity contribution in [1.29, 1.82) is 5.41 Å². The van der Waals surface area contributed by atoms with Crippen molar-refractivity contribution in [1.82, 2.24) is 5.32 Å². The molecule has 10 heavy (non-hydrogen) atoms. The summed E-state index contributed by atoms with van der Waals surface area (Å²) in [4.78, 5) is 0. The van der Waals surface area contributed by atoms with Gasteiger partial charge in [-0.05, 0) is 18.9 Å². The first-order valence-corrected chi connectivity index (χ1v) is 3.64. The summed E-state index contributed by atoms with van der Waals surface area (Å²) in [6, 6.07) is 0. The second-order valence-corrected chi connectivity index (χ2v) is 3.00. The van der Waals surface area contributed by atoms with Crippen LogP contribution in [0.5, 0.6) is 0 Å². The van der Waals surface area contributed by atoms with E-state index in [4.69, 9.17) is 5.41 Å². The first kappa shape index (κ1) is 7.69. The molecule has 0 spiro atoms. The van der Waals surface area contributed by atoms with Gasteiger partial charge in [-0.1, -0.05) is 6.92 Å². The fourth-order valence-electron chi connectivity index (χ4n) is 1.22. The summed E-state index contributed by atoms with van der Waals surface area (Å²) in [5, 5.41) is 19.7. The van der Waals surface area contributed by atoms with E-state index in [2.05, 4.69) is 5.32 Å². The Morgan fingerprint density at radius 3 is 2.90 bits per heavy atom. The third kappa shape index (κ3) is 1.20. The van der Waals surface area contributed by atoms with Crippen LogP contribution in [0.4, 0.5) is 0 Å². The van der Waals surface area contributed by atoms with Gasteiger partial charge in [-0.3, -0.25) is 0 Å². The third-order valence-corrected chi connectivity index (χ3v) is 2.27. The van der Waals surface area contributed by atoms with Crippen LogP contribution in [0.25, 0.3) is 0 Å². The minimum atomic E-state index is -0.891. The molecule has 1 saturated heterocycles. The van der Waals surface area contributed by atoms with Crippen LogP contribution in [-0.4, -0.2) is 30.0 Å². The molecular weight excluding hydrogens is 128 g/mol. The summed E-state index contributed by atoms with van der Waals surface area (Å²) in [7, 11) is 0. The molecule has 0 aliphatic carbocycles. The van der Waals surface area contributed by atoms with E-state index in [0.717, 1.165) is 19.2 Å². The fraction of sp³-hybridized carbons (Fsp3) is 0.857. The van der Waals surface area contributed by atoms with Gasteiger partial charge in [0.25, 0.3) is 0 Å². The first-order valence-electron chi connectivity index (χ1n) is 3.64. The van der Waals surface area contributed by atoms with Crippen LogP contribution < -0.4 is 5.32 Å². The number of hydrogen-bond donors (Lipinski definition) is 3. The summed E-state index contributed by atoms with van der Waals surface area (Å²) in [6.45, 7) is 3.46. The van der Waals surface area contributed by atoms with Gasteiger partial charge in [-0.25, -0.2) is 0 Å². The Kier molecular flexibility index (Phi) is 2.06. The highest BCUT2D eigenvalue weighted by atomic mass is 16.3. The van der Waals surface area contributed by atoms with Crippen LogP contribution >= 0.6 is 0 Å². The SMILES string of the molecule is CC1CCNCC1(O)C=N. The molecule has 0 aromatic rings. The molecule has 58 valence electrons. The summed E-state index contributed by atoms with van der Waals surface area (Å²) in [5.41, 5.74) is -0.891. The van der Waals surface area contributed by atoms with Crippen molar-refractivity contribution in [2.75, 3.05) is 13.1 Å². The minimum absolute atomic E-state index is 0.214. The number of hydrogen-bond acceptors (Lipinski definition) is 3. The highest BCUT2D eigenvalue weighted by Gasteiger charge is 2.33. The van der Waals surface area contributed by atoms with Crippen molar-refractivity contribution in [2.24, 2.45) is 5.92 Å². The van der Waals surface area contributed by atoms with Crippen molar-refractivity contribution >= 4 is 6.21 Å². The molecule has 0 saturated carbocycles. The zero-order valence-corrected chi connectivity index (χ0v) is 6.22. The van der Waals surface area contributed by atoms with Crippen molar-refractivity contribution in [3.05, 3.63) is 0 Å². The van der Waals surface area contributed by atoms with E-state index in [1.54, 1.807) is 0 Å². The van der Waals surface area contributed by atoms with Gasteiger partial charge in [0.05, 0.1) is 0 Å². The van der Waals surface area contributed by atoms with E-state index in [1.807, 2.05) is 6.92 Å². The van der Waals surface area contributed by atoms with Crippen LogP contribution in [0.15, 0.2) is 0 Å². The Morgan fingerprint density at radius 2 is 2.50 bits per heavy atom. The number of aliphatic hydroxyl groups is 1. The average Bonchev–Trinajstić information content (AvgIpc) is 1.96. The maximum absolute atomic E-state index is 9.64. The summed E-state index contributed by atoms with van der Waals surface area (Å²) in [6.07, 6.45) is 2.09. The van der Waals surface area contributed by atoms with Gasteiger partial charge in [0.1, 0.15) is 5.60 Å². The fourth-order valence-corrected chi connectivity index (χ4v) is 1.22.